The summed E-state index contributed by atoms with van der Waals surface area (Å²) in [5.41, 5.74) is 3.61. The Morgan fingerprint density at radius 2 is 1.72 bits per heavy atom. The van der Waals surface area contributed by atoms with Gasteiger partial charge in [0.25, 0.3) is 0 Å². The molecule has 2 heterocycles. The lowest BCUT2D eigenvalue weighted by molar-refractivity contribution is -0.227. The van der Waals surface area contributed by atoms with Gasteiger partial charge >= 0.3 is 0 Å². The Balaban J connectivity index is 1.26. The zero-order valence-electron chi connectivity index (χ0n) is 14.1. The first-order chi connectivity index (χ1) is 12.2. The molecule has 0 radical (unpaired) electrons. The highest BCUT2D eigenvalue weighted by Gasteiger charge is 2.43. The normalized spacial score (nSPS) is 23.2. The Morgan fingerprint density at radius 1 is 1.00 bits per heavy atom. The molecule has 3 aliphatic rings. The summed E-state index contributed by atoms with van der Waals surface area (Å²) < 4.78 is 12.2. The number of hydrogen-bond acceptors (Lipinski definition) is 3. The van der Waals surface area contributed by atoms with Crippen LogP contribution >= 0.6 is 0 Å². The zero-order chi connectivity index (χ0) is 16.9. The lowest BCUT2D eigenvalue weighted by Gasteiger charge is -2.45. The molecule has 1 spiro atoms. The summed E-state index contributed by atoms with van der Waals surface area (Å²) in [7, 11) is 0. The van der Waals surface area contributed by atoms with Crippen LogP contribution in [0, 0.1) is 0 Å². The summed E-state index contributed by atoms with van der Waals surface area (Å²) in [4.78, 5) is 14.8. The van der Waals surface area contributed by atoms with E-state index in [0.717, 1.165) is 30.6 Å². The van der Waals surface area contributed by atoms with E-state index in [4.69, 9.17) is 9.47 Å². The highest BCUT2D eigenvalue weighted by atomic mass is 16.7. The van der Waals surface area contributed by atoms with Gasteiger partial charge in [-0.05, 0) is 23.6 Å². The van der Waals surface area contributed by atoms with Crippen molar-refractivity contribution in [2.24, 2.45) is 0 Å². The van der Waals surface area contributed by atoms with Gasteiger partial charge in [0.1, 0.15) is 5.75 Å². The first kappa shape index (κ1) is 15.0. The van der Waals surface area contributed by atoms with Crippen LogP contribution in [-0.2, 0) is 22.6 Å². The number of carbonyl (C=O) groups is 1. The Morgan fingerprint density at radius 3 is 2.52 bits per heavy atom. The fourth-order valence-electron chi connectivity index (χ4n) is 4.18. The van der Waals surface area contributed by atoms with Gasteiger partial charge in [0.2, 0.25) is 11.7 Å². The molecule has 2 aromatic carbocycles. The van der Waals surface area contributed by atoms with Crippen molar-refractivity contribution in [2.45, 2.75) is 37.6 Å². The van der Waals surface area contributed by atoms with E-state index in [0.29, 0.717) is 19.7 Å². The number of rotatable bonds is 1. The van der Waals surface area contributed by atoms with Crippen LogP contribution in [0.25, 0.3) is 0 Å². The van der Waals surface area contributed by atoms with E-state index in [1.165, 1.54) is 11.1 Å². The monoisotopic (exact) mass is 335 g/mol. The standard InChI is InChI=1S/C21H21NO3/c23-20(18-13-15-5-1-3-7-17(15)18)22-11-9-21(10-12-22)24-14-16-6-2-4-8-19(16)25-21/h1-8,18H,9-14H2. The second kappa shape index (κ2) is 5.60. The van der Waals surface area contributed by atoms with Crippen LogP contribution < -0.4 is 4.74 Å². The van der Waals surface area contributed by atoms with Gasteiger partial charge in [-0.1, -0.05) is 42.5 Å². The van der Waals surface area contributed by atoms with Crippen LogP contribution in [0.1, 0.15) is 35.4 Å². The van der Waals surface area contributed by atoms with Crippen LogP contribution in [-0.4, -0.2) is 29.7 Å². The average molecular weight is 335 g/mol. The molecule has 1 unspecified atom stereocenters. The zero-order valence-corrected chi connectivity index (χ0v) is 14.1. The van der Waals surface area contributed by atoms with E-state index < -0.39 is 5.79 Å². The second-order valence-electron chi connectivity index (χ2n) is 7.19. The lowest BCUT2D eigenvalue weighted by Crippen LogP contribution is -2.53. The SMILES string of the molecule is O=C(C1Cc2ccccc21)N1CCC2(CC1)OCc1ccccc1O2. The Kier molecular flexibility index (Phi) is 3.35. The van der Waals surface area contributed by atoms with Gasteiger partial charge in [-0.2, -0.15) is 0 Å². The van der Waals surface area contributed by atoms with Gasteiger partial charge in [0, 0.05) is 31.5 Å². The summed E-state index contributed by atoms with van der Waals surface area (Å²) in [6.45, 7) is 1.97. The third-order valence-corrected chi connectivity index (χ3v) is 5.75. The van der Waals surface area contributed by atoms with E-state index in [1.807, 2.05) is 41.3 Å². The number of para-hydroxylation sites is 1. The number of likely N-dealkylation sites (tertiary alicyclic amines) is 1. The quantitative estimate of drug-likeness (QED) is 0.803. The van der Waals surface area contributed by atoms with Crippen molar-refractivity contribution in [2.75, 3.05) is 13.1 Å². The van der Waals surface area contributed by atoms with Crippen LogP contribution in [0.15, 0.2) is 48.5 Å². The molecule has 128 valence electrons. The molecular formula is C21H21NO3. The smallest absolute Gasteiger partial charge is 0.230 e. The summed E-state index contributed by atoms with van der Waals surface area (Å²) in [6, 6.07) is 16.3. The Hall–Kier alpha value is -2.33. The van der Waals surface area contributed by atoms with E-state index in [1.54, 1.807) is 0 Å². The average Bonchev–Trinajstić information content (AvgIpc) is 2.63. The first-order valence-corrected chi connectivity index (χ1v) is 9.02. The van der Waals surface area contributed by atoms with E-state index in [-0.39, 0.29) is 11.8 Å². The molecule has 1 atom stereocenters. The van der Waals surface area contributed by atoms with Crippen LogP contribution in [0.2, 0.25) is 0 Å². The van der Waals surface area contributed by atoms with Crippen molar-refractivity contribution in [3.63, 3.8) is 0 Å². The minimum atomic E-state index is -0.567. The maximum atomic E-state index is 12.9. The van der Waals surface area contributed by atoms with E-state index in [9.17, 15) is 4.79 Å². The molecule has 2 aromatic rings. The summed E-state index contributed by atoms with van der Waals surface area (Å²) in [6.07, 6.45) is 2.32. The molecular weight excluding hydrogens is 314 g/mol. The van der Waals surface area contributed by atoms with Gasteiger partial charge in [-0.3, -0.25) is 4.79 Å². The summed E-state index contributed by atoms with van der Waals surface area (Å²) in [5, 5.41) is 0. The molecule has 4 nitrogen and oxygen atoms in total. The van der Waals surface area contributed by atoms with Crippen LogP contribution in [0.5, 0.6) is 5.75 Å². The minimum absolute atomic E-state index is 0.0409. The third-order valence-electron chi connectivity index (χ3n) is 5.75. The van der Waals surface area contributed by atoms with E-state index >= 15 is 0 Å². The van der Waals surface area contributed by atoms with E-state index in [2.05, 4.69) is 12.1 Å². The number of hydrogen-bond donors (Lipinski definition) is 0. The molecule has 1 amide bonds. The Labute approximate surface area is 147 Å². The molecule has 0 aromatic heterocycles. The highest BCUT2D eigenvalue weighted by molar-refractivity contribution is 5.87. The summed E-state index contributed by atoms with van der Waals surface area (Å²) >= 11 is 0. The number of fused-ring (bicyclic) bond motifs is 2. The van der Waals surface area contributed by atoms with Crippen molar-refractivity contribution in [1.82, 2.24) is 4.90 Å². The minimum Gasteiger partial charge on any atom is -0.462 e. The molecule has 2 aliphatic heterocycles. The lowest BCUT2D eigenvalue weighted by atomic mass is 9.76. The topological polar surface area (TPSA) is 38.8 Å². The maximum Gasteiger partial charge on any atom is 0.230 e. The largest absolute Gasteiger partial charge is 0.462 e. The molecule has 1 fully saturated rings. The van der Waals surface area contributed by atoms with Crippen molar-refractivity contribution in [3.05, 3.63) is 65.2 Å². The van der Waals surface area contributed by atoms with Gasteiger partial charge in [0.15, 0.2) is 0 Å². The predicted molar refractivity (Wildman–Crippen MR) is 93.3 cm³/mol. The number of carbonyl (C=O) groups excluding carboxylic acids is 1. The first-order valence-electron chi connectivity index (χ1n) is 9.02. The number of ether oxygens (including phenoxy) is 2. The Bertz CT molecular complexity index is 823. The van der Waals surface area contributed by atoms with Crippen molar-refractivity contribution in [3.8, 4) is 5.75 Å². The fourth-order valence-corrected chi connectivity index (χ4v) is 4.18. The molecule has 25 heavy (non-hydrogen) atoms. The number of nitrogens with zero attached hydrogens (tertiary/aromatic N) is 1. The molecule has 1 saturated heterocycles. The summed E-state index contributed by atoms with van der Waals surface area (Å²) in [5.74, 6) is 0.646. The van der Waals surface area contributed by atoms with Crippen molar-refractivity contribution >= 4 is 5.91 Å². The van der Waals surface area contributed by atoms with Gasteiger partial charge in [-0.25, -0.2) is 0 Å². The van der Waals surface area contributed by atoms with Gasteiger partial charge in [0.05, 0.1) is 12.5 Å². The third kappa shape index (κ3) is 2.44. The highest BCUT2D eigenvalue weighted by Crippen LogP contribution is 2.40. The van der Waals surface area contributed by atoms with Gasteiger partial charge < -0.3 is 14.4 Å². The molecule has 1 aliphatic carbocycles. The maximum absolute atomic E-state index is 12.9. The number of piperidine rings is 1. The second-order valence-corrected chi connectivity index (χ2v) is 7.19. The number of amides is 1. The predicted octanol–water partition coefficient (Wildman–Crippen LogP) is 3.25. The molecule has 0 N–H and O–H groups in total. The molecule has 4 heteroatoms. The molecule has 0 saturated carbocycles. The van der Waals surface area contributed by atoms with Crippen molar-refractivity contribution < 1.29 is 14.3 Å². The fraction of sp³-hybridized carbons (Fsp3) is 0.381. The van der Waals surface area contributed by atoms with Crippen LogP contribution in [0.4, 0.5) is 0 Å². The van der Waals surface area contributed by atoms with Crippen molar-refractivity contribution in [1.29, 1.82) is 0 Å². The van der Waals surface area contributed by atoms with Crippen LogP contribution in [0.3, 0.4) is 0 Å². The number of benzene rings is 2. The van der Waals surface area contributed by atoms with Gasteiger partial charge in [-0.15, -0.1) is 0 Å². The molecule has 5 rings (SSSR count). The molecule has 0 bridgehead atoms.